The van der Waals surface area contributed by atoms with Gasteiger partial charge in [0.25, 0.3) is 0 Å². The van der Waals surface area contributed by atoms with Crippen LogP contribution in [0.2, 0.25) is 0 Å². The molecule has 1 aliphatic heterocycles. The van der Waals surface area contributed by atoms with Gasteiger partial charge in [0.1, 0.15) is 12.5 Å². The molecule has 1 aliphatic rings. The van der Waals surface area contributed by atoms with E-state index in [-0.39, 0.29) is 19.8 Å². The third-order valence-electron chi connectivity index (χ3n) is 2.67. The van der Waals surface area contributed by atoms with E-state index in [9.17, 15) is 9.59 Å². The van der Waals surface area contributed by atoms with E-state index in [1.165, 1.54) is 11.0 Å². The Morgan fingerprint density at radius 3 is 2.82 bits per heavy atom. The Morgan fingerprint density at radius 2 is 2.29 bits per heavy atom. The molecule has 1 heterocycles. The lowest BCUT2D eigenvalue weighted by atomic mass is 10.0. The quantitative estimate of drug-likeness (QED) is 0.720. The van der Waals surface area contributed by atoms with Crippen molar-refractivity contribution in [2.75, 3.05) is 26.4 Å². The van der Waals surface area contributed by atoms with Gasteiger partial charge in [-0.25, -0.2) is 4.79 Å². The van der Waals surface area contributed by atoms with E-state index in [4.69, 9.17) is 14.6 Å². The Balaban J connectivity index is 2.68. The maximum absolute atomic E-state index is 11.7. The molecule has 0 aliphatic carbocycles. The highest BCUT2D eigenvalue weighted by Gasteiger charge is 2.39. The average Bonchev–Trinajstić information content (AvgIpc) is 2.76. The van der Waals surface area contributed by atoms with Gasteiger partial charge in [0.2, 0.25) is 0 Å². The van der Waals surface area contributed by atoms with Crippen molar-refractivity contribution in [3.05, 3.63) is 12.7 Å². The van der Waals surface area contributed by atoms with Crippen LogP contribution in [0, 0.1) is 5.92 Å². The number of carboxylic acid groups (broad SMARTS) is 1. The van der Waals surface area contributed by atoms with Crippen molar-refractivity contribution >= 4 is 12.1 Å². The summed E-state index contributed by atoms with van der Waals surface area (Å²) in [4.78, 5) is 24.1. The number of carbonyl (C=O) groups excluding carboxylic acids is 1. The van der Waals surface area contributed by atoms with Crippen LogP contribution in [0.25, 0.3) is 0 Å². The summed E-state index contributed by atoms with van der Waals surface area (Å²) in [6, 6.07) is -0.463. The van der Waals surface area contributed by atoms with E-state index in [0.29, 0.717) is 6.54 Å². The van der Waals surface area contributed by atoms with Gasteiger partial charge in [-0.15, -0.1) is 0 Å². The van der Waals surface area contributed by atoms with Crippen molar-refractivity contribution in [3.8, 4) is 0 Å². The number of carbonyl (C=O) groups is 2. The monoisotopic (exact) mass is 243 g/mol. The molecule has 0 aromatic rings. The number of nitrogens with zero attached hydrogens (tertiary/aromatic N) is 1. The van der Waals surface area contributed by atoms with E-state index < -0.39 is 24.0 Å². The van der Waals surface area contributed by atoms with Crippen LogP contribution in [-0.2, 0) is 14.3 Å². The lowest BCUT2D eigenvalue weighted by Crippen LogP contribution is -2.46. The summed E-state index contributed by atoms with van der Waals surface area (Å²) in [5, 5.41) is 9.01. The molecule has 6 nitrogen and oxygen atoms in total. The van der Waals surface area contributed by atoms with Crippen LogP contribution in [0.5, 0.6) is 0 Å². The fraction of sp³-hybridized carbons (Fsp3) is 0.636. The van der Waals surface area contributed by atoms with E-state index in [2.05, 4.69) is 6.58 Å². The normalized spacial score (nSPS) is 23.1. The first-order valence-corrected chi connectivity index (χ1v) is 5.46. The van der Waals surface area contributed by atoms with Crippen molar-refractivity contribution in [1.82, 2.24) is 4.90 Å². The highest BCUT2D eigenvalue weighted by Crippen LogP contribution is 2.20. The van der Waals surface area contributed by atoms with Crippen LogP contribution in [0.4, 0.5) is 4.79 Å². The van der Waals surface area contributed by atoms with Crippen molar-refractivity contribution in [2.24, 2.45) is 5.92 Å². The number of carboxylic acids is 1. The summed E-state index contributed by atoms with van der Waals surface area (Å²) in [5.41, 5.74) is 0. The third kappa shape index (κ3) is 3.20. The number of hydrogen-bond donors (Lipinski definition) is 1. The zero-order valence-electron chi connectivity index (χ0n) is 9.80. The SMILES string of the molecule is C=CCOC(=O)N(CC)C1COCC1C(=O)O. The smallest absolute Gasteiger partial charge is 0.410 e. The number of hydrogen-bond acceptors (Lipinski definition) is 4. The second kappa shape index (κ2) is 6.24. The first-order chi connectivity index (χ1) is 8.11. The van der Waals surface area contributed by atoms with Crippen LogP contribution < -0.4 is 0 Å². The highest BCUT2D eigenvalue weighted by molar-refractivity contribution is 5.74. The van der Waals surface area contributed by atoms with Gasteiger partial charge in [-0.3, -0.25) is 4.79 Å². The van der Waals surface area contributed by atoms with Crippen LogP contribution in [0.15, 0.2) is 12.7 Å². The van der Waals surface area contributed by atoms with Gasteiger partial charge in [0, 0.05) is 6.54 Å². The fourth-order valence-electron chi connectivity index (χ4n) is 1.80. The van der Waals surface area contributed by atoms with Gasteiger partial charge in [0.05, 0.1) is 19.3 Å². The molecule has 1 fully saturated rings. The summed E-state index contributed by atoms with van der Waals surface area (Å²) in [6.45, 7) is 6.07. The molecule has 2 atom stereocenters. The molecular formula is C11H17NO5. The molecule has 96 valence electrons. The van der Waals surface area contributed by atoms with Crippen LogP contribution in [-0.4, -0.2) is 54.5 Å². The number of aliphatic carboxylic acids is 1. The summed E-state index contributed by atoms with van der Waals surface area (Å²) >= 11 is 0. The fourth-order valence-corrected chi connectivity index (χ4v) is 1.80. The van der Waals surface area contributed by atoms with Crippen LogP contribution in [0.3, 0.4) is 0 Å². The zero-order chi connectivity index (χ0) is 12.8. The number of likely N-dealkylation sites (N-methyl/N-ethyl adjacent to an activating group) is 1. The first kappa shape index (κ1) is 13.5. The lowest BCUT2D eigenvalue weighted by molar-refractivity contribution is -0.142. The summed E-state index contributed by atoms with van der Waals surface area (Å²) in [6.07, 6.45) is 0.931. The minimum Gasteiger partial charge on any atom is -0.481 e. The van der Waals surface area contributed by atoms with Gasteiger partial charge in [0.15, 0.2) is 0 Å². The minimum atomic E-state index is -0.956. The first-order valence-electron chi connectivity index (χ1n) is 5.46. The minimum absolute atomic E-state index is 0.112. The van der Waals surface area contributed by atoms with Gasteiger partial charge < -0.3 is 19.5 Å². The van der Waals surface area contributed by atoms with Crippen LogP contribution in [0.1, 0.15) is 6.92 Å². The van der Waals surface area contributed by atoms with E-state index in [0.717, 1.165) is 0 Å². The number of amides is 1. The van der Waals surface area contributed by atoms with Crippen molar-refractivity contribution in [1.29, 1.82) is 0 Å². The van der Waals surface area contributed by atoms with Crippen LogP contribution >= 0.6 is 0 Å². The highest BCUT2D eigenvalue weighted by atomic mass is 16.6. The number of ether oxygens (including phenoxy) is 2. The lowest BCUT2D eigenvalue weighted by Gasteiger charge is -2.28. The Hall–Kier alpha value is -1.56. The molecule has 17 heavy (non-hydrogen) atoms. The Bertz CT molecular complexity index is 304. The van der Waals surface area contributed by atoms with Crippen molar-refractivity contribution < 1.29 is 24.2 Å². The summed E-state index contributed by atoms with van der Waals surface area (Å²) in [5.74, 6) is -1.64. The maximum atomic E-state index is 11.7. The van der Waals surface area contributed by atoms with Gasteiger partial charge in [-0.2, -0.15) is 0 Å². The summed E-state index contributed by atoms with van der Waals surface area (Å²) in [7, 11) is 0. The molecule has 0 aromatic heterocycles. The van der Waals surface area contributed by atoms with Gasteiger partial charge in [-0.1, -0.05) is 12.7 Å². The largest absolute Gasteiger partial charge is 0.481 e. The molecule has 0 aromatic carbocycles. The molecule has 1 rings (SSSR count). The topological polar surface area (TPSA) is 76.1 Å². The predicted octanol–water partition coefficient (Wildman–Crippen LogP) is 0.731. The van der Waals surface area contributed by atoms with E-state index in [1.54, 1.807) is 6.92 Å². The second-order valence-electron chi connectivity index (χ2n) is 3.70. The third-order valence-corrected chi connectivity index (χ3v) is 2.67. The molecule has 0 bridgehead atoms. The number of rotatable bonds is 5. The standard InChI is InChI=1S/C11H17NO5/c1-3-5-17-11(15)12(4-2)9-7-16-6-8(9)10(13)14/h3,8-9H,1,4-7H2,2H3,(H,13,14). The molecule has 1 saturated heterocycles. The maximum Gasteiger partial charge on any atom is 0.410 e. The second-order valence-corrected chi connectivity index (χ2v) is 3.70. The molecule has 0 radical (unpaired) electrons. The Morgan fingerprint density at radius 1 is 1.59 bits per heavy atom. The van der Waals surface area contributed by atoms with Crippen molar-refractivity contribution in [2.45, 2.75) is 13.0 Å². The molecule has 2 unspecified atom stereocenters. The van der Waals surface area contributed by atoms with Gasteiger partial charge in [-0.05, 0) is 6.92 Å². The predicted molar refractivity (Wildman–Crippen MR) is 59.7 cm³/mol. The Labute approximate surface area is 99.8 Å². The summed E-state index contributed by atoms with van der Waals surface area (Å²) < 4.78 is 10.0. The molecule has 1 amide bonds. The van der Waals surface area contributed by atoms with E-state index in [1.807, 2.05) is 0 Å². The Kier molecular flexibility index (Phi) is 4.96. The molecule has 1 N–H and O–H groups in total. The average molecular weight is 243 g/mol. The van der Waals surface area contributed by atoms with E-state index >= 15 is 0 Å². The molecule has 0 saturated carbocycles. The zero-order valence-corrected chi connectivity index (χ0v) is 9.80. The molecule has 6 heteroatoms. The molecule has 0 spiro atoms. The molecular weight excluding hydrogens is 226 g/mol. The van der Waals surface area contributed by atoms with Crippen molar-refractivity contribution in [3.63, 3.8) is 0 Å². The van der Waals surface area contributed by atoms with Gasteiger partial charge >= 0.3 is 12.1 Å².